The number of nitrogens with one attached hydrogen (secondary N) is 1. The first-order valence-corrected chi connectivity index (χ1v) is 8.12. The zero-order valence-corrected chi connectivity index (χ0v) is 12.5. The lowest BCUT2D eigenvalue weighted by molar-refractivity contribution is 0.0794. The highest BCUT2D eigenvalue weighted by atomic mass is 32.2. The molecule has 1 aliphatic rings. The van der Waals surface area contributed by atoms with Crippen LogP contribution in [0, 0.1) is 22.7 Å². The van der Waals surface area contributed by atoms with Crippen molar-refractivity contribution in [2.24, 2.45) is 0 Å². The molecule has 1 saturated carbocycles. The van der Waals surface area contributed by atoms with Crippen molar-refractivity contribution in [3.8, 4) is 12.1 Å². The fourth-order valence-electron chi connectivity index (χ4n) is 1.82. The molecule has 2 rings (SSSR count). The molecule has 0 aliphatic heterocycles. The van der Waals surface area contributed by atoms with Gasteiger partial charge < -0.3 is 4.90 Å². The van der Waals surface area contributed by atoms with E-state index in [1.54, 1.807) is 0 Å². The van der Waals surface area contributed by atoms with Crippen molar-refractivity contribution < 1.29 is 13.2 Å². The third-order valence-electron chi connectivity index (χ3n) is 3.12. The molecule has 8 heteroatoms. The summed E-state index contributed by atoms with van der Waals surface area (Å²) >= 11 is 0. The van der Waals surface area contributed by atoms with Gasteiger partial charge in [0.05, 0.1) is 17.0 Å². The second kappa shape index (κ2) is 6.56. The van der Waals surface area contributed by atoms with Crippen LogP contribution in [-0.2, 0) is 10.0 Å². The maximum absolute atomic E-state index is 12.1. The first kappa shape index (κ1) is 16.0. The molecule has 1 amide bonds. The topological polar surface area (TPSA) is 114 Å². The van der Waals surface area contributed by atoms with Gasteiger partial charge in [0.2, 0.25) is 10.0 Å². The van der Waals surface area contributed by atoms with Gasteiger partial charge in [-0.05, 0) is 37.1 Å². The zero-order valence-electron chi connectivity index (χ0n) is 11.7. The van der Waals surface area contributed by atoms with Crippen molar-refractivity contribution in [3.05, 3.63) is 29.8 Å². The third kappa shape index (κ3) is 3.82. The number of hydrogen-bond donors (Lipinski definition) is 1. The number of rotatable bonds is 6. The van der Waals surface area contributed by atoms with Crippen molar-refractivity contribution in [3.63, 3.8) is 0 Å². The Morgan fingerprint density at radius 1 is 1.18 bits per heavy atom. The summed E-state index contributed by atoms with van der Waals surface area (Å²) in [6.45, 7) is -0.397. The van der Waals surface area contributed by atoms with Crippen LogP contribution < -0.4 is 4.72 Å². The number of carbonyl (C=O) groups excluding carboxylic acids is 1. The van der Waals surface area contributed by atoms with E-state index in [9.17, 15) is 13.2 Å². The van der Waals surface area contributed by atoms with E-state index in [4.69, 9.17) is 10.5 Å². The Morgan fingerprint density at radius 2 is 1.73 bits per heavy atom. The van der Waals surface area contributed by atoms with Gasteiger partial charge in [0.25, 0.3) is 5.91 Å². The molecule has 0 unspecified atom stereocenters. The smallest absolute Gasteiger partial charge is 0.255 e. The Balaban J connectivity index is 2.15. The Labute approximate surface area is 128 Å². The van der Waals surface area contributed by atoms with Gasteiger partial charge in [-0.3, -0.25) is 4.79 Å². The van der Waals surface area contributed by atoms with Gasteiger partial charge >= 0.3 is 0 Å². The highest BCUT2D eigenvalue weighted by Gasteiger charge is 2.28. The normalized spacial score (nSPS) is 13.9. The highest BCUT2D eigenvalue weighted by molar-refractivity contribution is 7.89. The number of nitrogens with zero attached hydrogens (tertiary/aromatic N) is 3. The van der Waals surface area contributed by atoms with Crippen LogP contribution in [0.5, 0.6) is 0 Å². The average molecular weight is 318 g/mol. The molecule has 0 atom stereocenters. The van der Waals surface area contributed by atoms with Gasteiger partial charge in [-0.15, -0.1) is 0 Å². The lowest BCUT2D eigenvalue weighted by atomic mass is 10.2. The summed E-state index contributed by atoms with van der Waals surface area (Å²) in [6, 6.07) is 9.08. The van der Waals surface area contributed by atoms with Crippen molar-refractivity contribution in [1.82, 2.24) is 9.62 Å². The van der Waals surface area contributed by atoms with Crippen LogP contribution in [0.25, 0.3) is 0 Å². The molecule has 7 nitrogen and oxygen atoms in total. The second-order valence-corrected chi connectivity index (χ2v) is 6.61. The average Bonchev–Trinajstić information content (AvgIpc) is 3.30. The summed E-state index contributed by atoms with van der Waals surface area (Å²) in [6.07, 6.45) is 1.68. The Hall–Kier alpha value is -2.42. The van der Waals surface area contributed by atoms with Gasteiger partial charge in [-0.25, -0.2) is 13.1 Å². The fourth-order valence-corrected chi connectivity index (χ4v) is 3.12. The molecule has 1 fully saturated rings. The summed E-state index contributed by atoms with van der Waals surface area (Å²) in [5.74, 6) is -0.484. The number of amides is 1. The number of hydrogen-bond acceptors (Lipinski definition) is 5. The Kier molecular flexibility index (Phi) is 4.76. The molecule has 0 saturated heterocycles. The minimum atomic E-state index is -3.56. The minimum absolute atomic E-state index is 0.00746. The van der Waals surface area contributed by atoms with Crippen LogP contribution >= 0.6 is 0 Å². The van der Waals surface area contributed by atoms with Crippen LogP contribution in [0.3, 0.4) is 0 Å². The van der Waals surface area contributed by atoms with Crippen molar-refractivity contribution in [2.75, 3.05) is 13.1 Å². The molecule has 1 aromatic rings. The van der Waals surface area contributed by atoms with Crippen LogP contribution in [0.4, 0.5) is 0 Å². The molecule has 1 aliphatic carbocycles. The number of benzene rings is 1. The molecule has 0 spiro atoms. The zero-order chi connectivity index (χ0) is 16.2. The first-order valence-electron chi connectivity index (χ1n) is 6.63. The summed E-state index contributed by atoms with van der Waals surface area (Å²) in [4.78, 5) is 13.3. The molecule has 0 bridgehead atoms. The van der Waals surface area contributed by atoms with Crippen LogP contribution in [0.1, 0.15) is 23.2 Å². The maximum Gasteiger partial charge on any atom is 0.255 e. The molecule has 0 radical (unpaired) electrons. The second-order valence-electron chi connectivity index (χ2n) is 4.90. The predicted molar refractivity (Wildman–Crippen MR) is 76.9 cm³/mol. The van der Waals surface area contributed by atoms with Gasteiger partial charge in [-0.1, -0.05) is 0 Å². The summed E-state index contributed by atoms with van der Waals surface area (Å²) in [5, 5.41) is 17.3. The monoisotopic (exact) mass is 318 g/mol. The first-order chi connectivity index (χ1) is 10.5. The van der Waals surface area contributed by atoms with Gasteiger partial charge in [0.1, 0.15) is 13.1 Å². The number of nitriles is 2. The van der Waals surface area contributed by atoms with Crippen molar-refractivity contribution in [2.45, 2.75) is 23.8 Å². The molecule has 1 aromatic carbocycles. The van der Waals surface area contributed by atoms with Gasteiger partial charge in [0.15, 0.2) is 0 Å². The number of carbonyl (C=O) groups is 1. The maximum atomic E-state index is 12.1. The van der Waals surface area contributed by atoms with Crippen molar-refractivity contribution >= 4 is 15.9 Å². The van der Waals surface area contributed by atoms with Gasteiger partial charge in [-0.2, -0.15) is 10.5 Å². The van der Waals surface area contributed by atoms with E-state index < -0.39 is 15.9 Å². The molecule has 114 valence electrons. The van der Waals surface area contributed by atoms with E-state index in [2.05, 4.69) is 4.72 Å². The van der Waals surface area contributed by atoms with Gasteiger partial charge in [0, 0.05) is 11.6 Å². The van der Waals surface area contributed by atoms with E-state index in [0.717, 1.165) is 17.7 Å². The SMILES string of the molecule is N#CCN(CC#N)C(=O)c1ccc(S(=O)(=O)NC2CC2)cc1. The minimum Gasteiger partial charge on any atom is -0.312 e. The molecule has 0 aromatic heterocycles. The molecule has 1 N–H and O–H groups in total. The Bertz CT molecular complexity index is 724. The van der Waals surface area contributed by atoms with E-state index >= 15 is 0 Å². The van der Waals surface area contributed by atoms with Crippen LogP contribution in [-0.4, -0.2) is 38.4 Å². The quantitative estimate of drug-likeness (QED) is 0.772. The summed E-state index contributed by atoms with van der Waals surface area (Å²) in [7, 11) is -3.56. The fraction of sp³-hybridized carbons (Fsp3) is 0.357. The van der Waals surface area contributed by atoms with Crippen molar-refractivity contribution in [1.29, 1.82) is 10.5 Å². The largest absolute Gasteiger partial charge is 0.312 e. The molecular formula is C14H14N4O3S. The highest BCUT2D eigenvalue weighted by Crippen LogP contribution is 2.22. The van der Waals surface area contributed by atoms with Crippen LogP contribution in [0.2, 0.25) is 0 Å². The van der Waals surface area contributed by atoms with E-state index in [-0.39, 0.29) is 29.6 Å². The Morgan fingerprint density at radius 3 is 2.18 bits per heavy atom. The summed E-state index contributed by atoms with van der Waals surface area (Å²) < 4.78 is 26.6. The molecule has 22 heavy (non-hydrogen) atoms. The number of sulfonamides is 1. The van der Waals surface area contributed by atoms with E-state index in [1.807, 2.05) is 12.1 Å². The lowest BCUT2D eigenvalue weighted by Gasteiger charge is -2.15. The van der Waals surface area contributed by atoms with Crippen LogP contribution in [0.15, 0.2) is 29.2 Å². The predicted octanol–water partition coefficient (Wildman–Crippen LogP) is 0.617. The lowest BCUT2D eigenvalue weighted by Crippen LogP contribution is -2.31. The standard InChI is InChI=1S/C14H14N4O3S/c15-7-9-18(10-8-16)14(19)11-1-5-13(6-2-11)22(20,21)17-12-3-4-12/h1-2,5-6,12,17H,3-4,9-10H2. The molecular weight excluding hydrogens is 304 g/mol. The summed E-state index contributed by atoms with van der Waals surface area (Å²) in [5.41, 5.74) is 0.232. The van der Waals surface area contributed by atoms with E-state index in [1.165, 1.54) is 24.3 Å². The third-order valence-corrected chi connectivity index (χ3v) is 4.66. The van der Waals surface area contributed by atoms with E-state index in [0.29, 0.717) is 0 Å². The molecule has 0 heterocycles.